The summed E-state index contributed by atoms with van der Waals surface area (Å²) in [5, 5.41) is 12.9. The molecule has 0 aliphatic carbocycles. The maximum absolute atomic E-state index is 5.80. The van der Waals surface area contributed by atoms with Gasteiger partial charge in [-0.05, 0) is 52.6 Å². The van der Waals surface area contributed by atoms with Crippen LogP contribution in [0.5, 0.6) is 5.75 Å². The summed E-state index contributed by atoms with van der Waals surface area (Å²) in [7, 11) is 1.71. The van der Waals surface area contributed by atoms with Crippen LogP contribution in [0.3, 0.4) is 0 Å². The van der Waals surface area contributed by atoms with Gasteiger partial charge in [-0.3, -0.25) is 9.80 Å². The van der Waals surface area contributed by atoms with Gasteiger partial charge in [0.2, 0.25) is 0 Å². The molecule has 0 bridgehead atoms. The van der Waals surface area contributed by atoms with Gasteiger partial charge in [-0.15, -0.1) is 5.10 Å². The van der Waals surface area contributed by atoms with Crippen molar-refractivity contribution in [2.45, 2.75) is 20.4 Å². The number of rotatable bonds is 8. The molecule has 37 heavy (non-hydrogen) atoms. The van der Waals surface area contributed by atoms with Crippen molar-refractivity contribution in [3.05, 3.63) is 95.1 Å². The first-order valence-electron chi connectivity index (χ1n) is 12.8. The van der Waals surface area contributed by atoms with Crippen molar-refractivity contribution < 1.29 is 4.74 Å². The molecule has 0 radical (unpaired) electrons. The molecule has 1 aromatic heterocycles. The van der Waals surface area contributed by atoms with Crippen molar-refractivity contribution in [2.24, 2.45) is 0 Å². The molecule has 4 aromatic rings. The molecule has 190 valence electrons. The van der Waals surface area contributed by atoms with Crippen molar-refractivity contribution >= 4 is 6.08 Å². The molecular weight excluding hydrogens is 460 g/mol. The second-order valence-electron chi connectivity index (χ2n) is 9.54. The predicted octanol–water partition coefficient (Wildman–Crippen LogP) is 4.79. The summed E-state index contributed by atoms with van der Waals surface area (Å²) < 4.78 is 7.66. The maximum Gasteiger partial charge on any atom is 0.191 e. The Kier molecular flexibility index (Phi) is 7.73. The first-order chi connectivity index (χ1) is 18.1. The molecule has 7 nitrogen and oxygen atoms in total. The molecule has 7 heteroatoms. The zero-order chi connectivity index (χ0) is 25.6. The van der Waals surface area contributed by atoms with Crippen LogP contribution in [0, 0.1) is 13.8 Å². The third kappa shape index (κ3) is 5.63. The van der Waals surface area contributed by atoms with Gasteiger partial charge in [0.15, 0.2) is 5.82 Å². The zero-order valence-corrected chi connectivity index (χ0v) is 21.8. The monoisotopic (exact) mass is 494 g/mol. The summed E-state index contributed by atoms with van der Waals surface area (Å²) in [5.41, 5.74) is 6.63. The number of methoxy groups -OCH3 is 1. The highest BCUT2D eigenvalue weighted by atomic mass is 16.5. The van der Waals surface area contributed by atoms with E-state index in [0.29, 0.717) is 5.82 Å². The molecule has 1 aliphatic heterocycles. The average molecular weight is 495 g/mol. The van der Waals surface area contributed by atoms with Crippen LogP contribution in [0.2, 0.25) is 0 Å². The summed E-state index contributed by atoms with van der Waals surface area (Å²) in [6.07, 6.45) is 4.47. The smallest absolute Gasteiger partial charge is 0.191 e. The van der Waals surface area contributed by atoms with E-state index in [1.807, 2.05) is 10.7 Å². The van der Waals surface area contributed by atoms with Gasteiger partial charge in [0.05, 0.1) is 18.4 Å². The molecule has 2 heterocycles. The first-order valence-corrected chi connectivity index (χ1v) is 12.8. The Morgan fingerprint density at radius 1 is 0.838 bits per heavy atom. The Balaban J connectivity index is 1.33. The third-order valence-corrected chi connectivity index (χ3v) is 7.01. The van der Waals surface area contributed by atoms with Crippen LogP contribution in [-0.4, -0.2) is 69.8 Å². The van der Waals surface area contributed by atoms with E-state index in [1.54, 1.807) is 7.11 Å². The molecule has 1 fully saturated rings. The fraction of sp³-hybridized carbons (Fsp3) is 0.300. The first kappa shape index (κ1) is 24.9. The van der Waals surface area contributed by atoms with Crippen molar-refractivity contribution in [3.8, 4) is 22.8 Å². The van der Waals surface area contributed by atoms with Gasteiger partial charge >= 0.3 is 0 Å². The average Bonchev–Trinajstić information content (AvgIpc) is 3.39. The van der Waals surface area contributed by atoms with E-state index < -0.39 is 0 Å². The Morgan fingerprint density at radius 3 is 2.27 bits per heavy atom. The van der Waals surface area contributed by atoms with Gasteiger partial charge in [0.1, 0.15) is 5.75 Å². The number of tetrazole rings is 1. The quantitative estimate of drug-likeness (QED) is 0.351. The molecule has 0 N–H and O–H groups in total. The fourth-order valence-electron chi connectivity index (χ4n) is 5.04. The molecule has 0 atom stereocenters. The highest BCUT2D eigenvalue weighted by Crippen LogP contribution is 2.34. The Hall–Kier alpha value is -3.81. The summed E-state index contributed by atoms with van der Waals surface area (Å²) in [5.74, 6) is 1.49. The van der Waals surface area contributed by atoms with Crippen LogP contribution < -0.4 is 4.74 Å². The van der Waals surface area contributed by atoms with Crippen LogP contribution in [-0.2, 0) is 6.54 Å². The van der Waals surface area contributed by atoms with E-state index in [-0.39, 0.29) is 0 Å². The topological polar surface area (TPSA) is 59.3 Å². The van der Waals surface area contributed by atoms with Crippen LogP contribution >= 0.6 is 0 Å². The van der Waals surface area contributed by atoms with Crippen molar-refractivity contribution in [1.29, 1.82) is 0 Å². The molecule has 1 aliphatic rings. The molecule has 0 amide bonds. The van der Waals surface area contributed by atoms with Gasteiger partial charge in [-0.25, -0.2) is 0 Å². The molecule has 1 saturated heterocycles. The molecule has 0 unspecified atom stereocenters. The lowest BCUT2D eigenvalue weighted by molar-refractivity contribution is 0.137. The second kappa shape index (κ2) is 11.5. The molecular formula is C30H34N6O. The standard InChI is InChI=1S/C30H34N6O/c1-23-10-7-11-24(2)29(23)36-30(31-32-33-36)28-26(15-8-16-27(28)37-3)22-35-20-18-34(19-21-35)17-9-14-25-12-5-4-6-13-25/h4-16H,17-22H2,1-3H3. The Morgan fingerprint density at radius 2 is 1.54 bits per heavy atom. The highest BCUT2D eigenvalue weighted by Gasteiger charge is 2.23. The van der Waals surface area contributed by atoms with E-state index in [9.17, 15) is 0 Å². The second-order valence-corrected chi connectivity index (χ2v) is 9.54. The Bertz CT molecular complexity index is 1340. The summed E-state index contributed by atoms with van der Waals surface area (Å²) in [4.78, 5) is 5.01. The minimum atomic E-state index is 0.703. The normalized spacial score (nSPS) is 14.9. The number of hydrogen-bond donors (Lipinski definition) is 0. The summed E-state index contributed by atoms with van der Waals surface area (Å²) >= 11 is 0. The van der Waals surface area contributed by atoms with Crippen LogP contribution in [0.4, 0.5) is 0 Å². The number of ether oxygens (including phenoxy) is 1. The van der Waals surface area contributed by atoms with Gasteiger partial charge in [0, 0.05) is 39.3 Å². The van der Waals surface area contributed by atoms with Crippen LogP contribution in [0.1, 0.15) is 22.3 Å². The minimum Gasteiger partial charge on any atom is -0.496 e. The lowest BCUT2D eigenvalue weighted by Gasteiger charge is -2.34. The van der Waals surface area contributed by atoms with E-state index in [2.05, 4.69) is 112 Å². The number of aryl methyl sites for hydroxylation is 2. The van der Waals surface area contributed by atoms with Crippen molar-refractivity contribution in [2.75, 3.05) is 39.8 Å². The van der Waals surface area contributed by atoms with E-state index in [0.717, 1.165) is 67.4 Å². The number of hydrogen-bond acceptors (Lipinski definition) is 6. The Labute approximate surface area is 219 Å². The largest absolute Gasteiger partial charge is 0.496 e. The summed E-state index contributed by atoms with van der Waals surface area (Å²) in [6, 6.07) is 22.9. The van der Waals surface area contributed by atoms with E-state index in [4.69, 9.17) is 4.74 Å². The van der Waals surface area contributed by atoms with Crippen molar-refractivity contribution in [3.63, 3.8) is 0 Å². The zero-order valence-electron chi connectivity index (χ0n) is 21.8. The van der Waals surface area contributed by atoms with Gasteiger partial charge in [-0.1, -0.05) is 72.8 Å². The number of piperazine rings is 1. The minimum absolute atomic E-state index is 0.703. The van der Waals surface area contributed by atoms with Gasteiger partial charge in [-0.2, -0.15) is 4.68 Å². The predicted molar refractivity (Wildman–Crippen MR) is 148 cm³/mol. The number of aromatic nitrogens is 4. The molecule has 0 spiro atoms. The molecule has 0 saturated carbocycles. The molecule has 3 aromatic carbocycles. The fourth-order valence-corrected chi connectivity index (χ4v) is 5.04. The third-order valence-electron chi connectivity index (χ3n) is 7.01. The van der Waals surface area contributed by atoms with E-state index in [1.165, 1.54) is 11.1 Å². The molecule has 5 rings (SSSR count). The maximum atomic E-state index is 5.80. The van der Waals surface area contributed by atoms with Crippen molar-refractivity contribution in [1.82, 2.24) is 30.0 Å². The lowest BCUT2D eigenvalue weighted by Crippen LogP contribution is -2.45. The number of nitrogens with zero attached hydrogens (tertiary/aromatic N) is 6. The SMILES string of the molecule is COc1cccc(CN2CCN(CC=Cc3ccccc3)CC2)c1-c1nnnn1-c1c(C)cccc1C. The number of benzene rings is 3. The van der Waals surface area contributed by atoms with Crippen LogP contribution in [0.25, 0.3) is 23.2 Å². The summed E-state index contributed by atoms with van der Waals surface area (Å²) in [6.45, 7) is 10.1. The number of para-hydroxylation sites is 1. The van der Waals surface area contributed by atoms with E-state index >= 15 is 0 Å². The van der Waals surface area contributed by atoms with Gasteiger partial charge < -0.3 is 4.74 Å². The highest BCUT2D eigenvalue weighted by molar-refractivity contribution is 5.70. The lowest BCUT2D eigenvalue weighted by atomic mass is 10.0. The van der Waals surface area contributed by atoms with Crippen LogP contribution in [0.15, 0.2) is 72.8 Å². The van der Waals surface area contributed by atoms with Gasteiger partial charge in [0.25, 0.3) is 0 Å².